The maximum Gasteiger partial charge on any atom is 0.310 e. The second-order valence-electron chi connectivity index (χ2n) is 20.0. The summed E-state index contributed by atoms with van der Waals surface area (Å²) < 4.78 is 79.2. The van der Waals surface area contributed by atoms with Crippen molar-refractivity contribution in [1.82, 2.24) is 0 Å². The normalized spacial score (nSPS) is 10.4. The van der Waals surface area contributed by atoms with E-state index in [0.29, 0.717) is 28.8 Å². The fraction of sp³-hybridized carbons (Fsp3) is 0.275. The van der Waals surface area contributed by atoms with Gasteiger partial charge in [0.1, 0.15) is 0 Å². The molecule has 29 heteroatoms. The second kappa shape index (κ2) is 46.6. The number of carboxylic acids is 5. The van der Waals surface area contributed by atoms with Gasteiger partial charge < -0.3 is 46.5 Å². The number of benzene rings is 7. The minimum atomic E-state index is -3.19. The molecule has 0 aromatic heterocycles. The van der Waals surface area contributed by atoms with Crippen LogP contribution in [0.2, 0.25) is 0 Å². The van der Waals surface area contributed by atoms with Crippen molar-refractivity contribution in [2.24, 2.45) is 5.73 Å². The van der Waals surface area contributed by atoms with Crippen molar-refractivity contribution in [3.05, 3.63) is 209 Å². The minimum absolute atomic E-state index is 0.0425. The van der Waals surface area contributed by atoms with E-state index in [1.165, 1.54) is 65.2 Å². The van der Waals surface area contributed by atoms with Gasteiger partial charge in [-0.3, -0.25) is 33.6 Å². The maximum atomic E-state index is 11.5. The van der Waals surface area contributed by atoms with Gasteiger partial charge in [0.15, 0.2) is 29.5 Å². The number of rotatable bonds is 25. The maximum absolute atomic E-state index is 11.5. The van der Waals surface area contributed by atoms with Crippen LogP contribution in [0.1, 0.15) is 80.5 Å². The highest BCUT2D eigenvalue weighted by Crippen LogP contribution is 2.22. The number of nitrogen functional groups attached to an aromatic ring is 1. The summed E-state index contributed by atoms with van der Waals surface area (Å²) >= 11 is 12.2. The summed E-state index contributed by atoms with van der Waals surface area (Å²) in [5.74, 6) is -3.68. The van der Waals surface area contributed by atoms with Gasteiger partial charge in [0.25, 0.3) is 0 Å². The number of nitrogens with two attached hydrogens (primary N) is 2. The molecule has 0 aliphatic heterocycles. The third-order valence-corrected chi connectivity index (χ3v) is 19.9. The zero-order chi connectivity index (χ0) is 74.0. The topological polar surface area (TPSA) is 394 Å². The lowest BCUT2D eigenvalue weighted by atomic mass is 10.1. The lowest BCUT2D eigenvalue weighted by molar-refractivity contribution is -0.142. The first-order valence-corrected chi connectivity index (χ1v) is 37.5. The van der Waals surface area contributed by atoms with Gasteiger partial charge in [-0.1, -0.05) is 113 Å². The van der Waals surface area contributed by atoms with Gasteiger partial charge in [-0.05, 0) is 167 Å². The molecule has 9 N–H and O–H groups in total. The fourth-order valence-corrected chi connectivity index (χ4v) is 11.9. The van der Waals surface area contributed by atoms with Crippen LogP contribution in [0.25, 0.3) is 0 Å². The average molecular weight is 1480 g/mol. The van der Waals surface area contributed by atoms with Crippen molar-refractivity contribution in [3.63, 3.8) is 0 Å². The van der Waals surface area contributed by atoms with Crippen molar-refractivity contribution < 1.29 is 93.8 Å². The summed E-state index contributed by atoms with van der Waals surface area (Å²) in [6.45, 7) is 11.4. The number of primary amides is 1. The van der Waals surface area contributed by atoms with E-state index >= 15 is 0 Å². The molecule has 0 unspecified atom stereocenters. The summed E-state index contributed by atoms with van der Waals surface area (Å²) in [7, 11) is -9.52. The van der Waals surface area contributed by atoms with Crippen LogP contribution in [-0.2, 0) is 117 Å². The third kappa shape index (κ3) is 39.0. The smallest absolute Gasteiger partial charge is 0.310 e. The number of anilines is 1. The Kier molecular flexibility index (Phi) is 41.6. The number of carbonyl (C=O) groups excluding carboxylic acids is 2. The minimum Gasteiger partial charge on any atom is -0.481 e. The SMILES string of the molecule is CCOC(=O)Cc1ccc(S(=O)(=O)CC)cc1.CCOC(=S)Sc1ccc(CC(=O)O)cc1.CCS(=O)(=O)c1ccc(CC(=O)O)cc1.CCS(=O)(=O)c1ccc(CC(N)=O)cc1.CCSc1ccc(CC(=O)O)cc1.Nc1ccc(CC(=O)O)cc1.O=C(O)Cc1ccc(S)cc1. The van der Waals surface area contributed by atoms with Crippen molar-refractivity contribution in [1.29, 1.82) is 0 Å². The average Bonchev–Trinajstić information content (AvgIpc) is 0.870. The van der Waals surface area contributed by atoms with Crippen LogP contribution >= 0.6 is 48.4 Å². The van der Waals surface area contributed by atoms with Crippen LogP contribution in [-0.4, -0.2) is 133 Å². The highest BCUT2D eigenvalue weighted by atomic mass is 32.2. The van der Waals surface area contributed by atoms with Crippen LogP contribution in [0.4, 0.5) is 5.69 Å². The third-order valence-electron chi connectivity index (χ3n) is 12.3. The van der Waals surface area contributed by atoms with Crippen molar-refractivity contribution in [2.75, 3.05) is 42.0 Å². The zero-order valence-electron chi connectivity index (χ0n) is 54.8. The zero-order valence-corrected chi connectivity index (χ0v) is 60.6. The molecule has 0 aliphatic carbocycles. The summed E-state index contributed by atoms with van der Waals surface area (Å²) in [4.78, 5) is 77.3. The Labute approximate surface area is 591 Å². The van der Waals surface area contributed by atoms with Crippen LogP contribution in [0.15, 0.2) is 199 Å². The summed E-state index contributed by atoms with van der Waals surface area (Å²) in [6, 6.07) is 47.3. The van der Waals surface area contributed by atoms with Gasteiger partial charge in [0.05, 0.1) is 90.1 Å². The number of amides is 1. The van der Waals surface area contributed by atoms with E-state index < -0.39 is 65.3 Å². The first-order valence-electron chi connectivity index (χ1n) is 29.9. The van der Waals surface area contributed by atoms with E-state index in [2.05, 4.69) is 19.6 Å². The number of ether oxygens (including phenoxy) is 2. The van der Waals surface area contributed by atoms with Gasteiger partial charge in [-0.2, -0.15) is 0 Å². The van der Waals surface area contributed by atoms with Crippen LogP contribution < -0.4 is 11.5 Å². The molecule has 0 heterocycles. The molecule has 0 saturated carbocycles. The van der Waals surface area contributed by atoms with E-state index in [0.717, 1.165) is 48.9 Å². The Balaban J connectivity index is 0.000000574. The molecule has 0 atom stereocenters. The predicted molar refractivity (Wildman–Crippen MR) is 386 cm³/mol. The molecule has 0 aliphatic rings. The summed E-state index contributed by atoms with van der Waals surface area (Å²) in [5, 5.41) is 42.5. The summed E-state index contributed by atoms with van der Waals surface area (Å²) in [6.07, 6.45) is 0.492. The number of carbonyl (C=O) groups is 7. The van der Waals surface area contributed by atoms with Gasteiger partial charge in [-0.25, -0.2) is 25.3 Å². The summed E-state index contributed by atoms with van der Waals surface area (Å²) in [5.41, 5.74) is 16.3. The van der Waals surface area contributed by atoms with Gasteiger partial charge in [0, 0.05) is 20.4 Å². The molecule has 98 heavy (non-hydrogen) atoms. The van der Waals surface area contributed by atoms with Crippen molar-refractivity contribution in [3.8, 4) is 0 Å². The Morgan fingerprint density at radius 3 is 0.939 bits per heavy atom. The van der Waals surface area contributed by atoms with Gasteiger partial charge in [-0.15, -0.1) is 24.4 Å². The highest BCUT2D eigenvalue weighted by molar-refractivity contribution is 8.22. The molecule has 22 nitrogen and oxygen atoms in total. The van der Waals surface area contributed by atoms with Crippen molar-refractivity contribution in [2.45, 2.75) is 116 Å². The molecule has 0 bridgehead atoms. The van der Waals surface area contributed by atoms with Crippen LogP contribution in [0, 0.1) is 0 Å². The standard InChI is InChI=1S/C12H16O4S.C11H12O3S2.C10H13NO3S.C10H12O4S.C10H12O2S.C8H9NO2.C8H8O2S/c1-3-16-12(13)9-10-5-7-11(8-6-10)17(14,15)4-2;1-2-14-11(15)16-9-5-3-8(4-6-9)7-10(12)13;2*1-2-15(13,14)9-5-3-8(4-6-9)7-10(11)12;1-2-13-9-5-3-8(4-6-9)7-10(11)12;9-7-3-1-6(2-4-7)5-8(10)11;9-8(10)5-6-1-3-7(11)4-2-6/h5-8H,3-4,9H2,1-2H3;3-6H,2,7H2,1H3,(H,12,13);3-6H,2,7H2,1H3,(H2,11,12);3-6H,2,7H2,1H3,(H,11,12);3-6H,2,7H2,1H3,(H,11,12);1-4H,5,9H2,(H,10,11);1-4,11H,5H2,(H,9,10). The number of hydrogen-bond acceptors (Lipinski definition) is 20. The van der Waals surface area contributed by atoms with E-state index in [9.17, 15) is 58.8 Å². The lowest BCUT2D eigenvalue weighted by Crippen LogP contribution is -2.13. The number of sulfone groups is 3. The molecule has 7 aromatic carbocycles. The molecule has 530 valence electrons. The van der Waals surface area contributed by atoms with Crippen molar-refractivity contribution >= 4 is 130 Å². The molecule has 7 aromatic rings. The Bertz CT molecular complexity index is 3840. The quantitative estimate of drug-likeness (QED) is 0.00866. The number of carboxylic acid groups (broad SMARTS) is 5. The van der Waals surface area contributed by atoms with Gasteiger partial charge in [0.2, 0.25) is 10.3 Å². The fourth-order valence-electron chi connectivity index (χ4n) is 7.44. The highest BCUT2D eigenvalue weighted by Gasteiger charge is 2.15. The van der Waals surface area contributed by atoms with E-state index in [1.807, 2.05) is 43.3 Å². The van der Waals surface area contributed by atoms with E-state index in [1.54, 1.807) is 124 Å². The molecule has 0 spiro atoms. The van der Waals surface area contributed by atoms with E-state index in [-0.39, 0.29) is 82.9 Å². The lowest BCUT2D eigenvalue weighted by Gasteiger charge is -2.04. The number of thioether (sulfide) groups is 2. The predicted octanol–water partition coefficient (Wildman–Crippen LogP) is 10.9. The number of esters is 1. The number of thiocarbonyl (C=S) groups is 1. The first-order chi connectivity index (χ1) is 46.1. The molecule has 0 radical (unpaired) electrons. The molecule has 0 fully saturated rings. The molecule has 7 rings (SSSR count). The molecular formula is C69H82N2O20S7. The molecular weight excluding hydrogens is 1400 g/mol. The molecule has 0 saturated heterocycles. The molecule has 1 amide bonds. The largest absolute Gasteiger partial charge is 0.481 e. The number of thiol groups is 1. The second-order valence-corrected chi connectivity index (χ2v) is 30.4. The monoisotopic (exact) mass is 1480 g/mol. The first kappa shape index (κ1) is 87.4. The van der Waals surface area contributed by atoms with Gasteiger partial charge >= 0.3 is 35.8 Å². The number of hydrogen-bond donors (Lipinski definition) is 8. The number of aliphatic carboxylic acids is 5. The van der Waals surface area contributed by atoms with Crippen LogP contribution in [0.5, 0.6) is 0 Å². The van der Waals surface area contributed by atoms with E-state index in [4.69, 9.17) is 58.7 Å². The Morgan fingerprint density at radius 2 is 0.663 bits per heavy atom. The Morgan fingerprint density at radius 1 is 0.398 bits per heavy atom. The van der Waals surface area contributed by atoms with Crippen LogP contribution in [0.3, 0.4) is 0 Å². The Hall–Kier alpha value is -8.58.